The first-order valence-electron chi connectivity index (χ1n) is 21.6. The lowest BCUT2D eigenvalue weighted by molar-refractivity contribution is 0.509. The molecule has 0 heterocycles. The number of rotatable bonds is 41. The van der Waals surface area contributed by atoms with Gasteiger partial charge in [-0.05, 0) is 25.9 Å². The fourth-order valence-electron chi connectivity index (χ4n) is 6.99. The van der Waals surface area contributed by atoms with Gasteiger partial charge in [-0.3, -0.25) is 0 Å². The number of nitrogens with one attached hydrogen (secondary N) is 1. The van der Waals surface area contributed by atoms with E-state index in [1.165, 1.54) is 264 Å². The van der Waals surface area contributed by atoms with Crippen LogP contribution in [-0.4, -0.2) is 13.1 Å². The maximum Gasteiger partial charge on any atom is -0.00489 e. The fraction of sp³-hybridized carbons (Fsp3) is 1.00. The highest BCUT2D eigenvalue weighted by Gasteiger charge is 1.98. The first-order valence-corrected chi connectivity index (χ1v) is 21.6. The molecule has 0 saturated heterocycles. The van der Waals surface area contributed by atoms with Crippen molar-refractivity contribution in [3.63, 3.8) is 0 Å². The van der Waals surface area contributed by atoms with E-state index in [0.717, 1.165) is 0 Å². The zero-order chi connectivity index (χ0) is 31.7. The fourth-order valence-corrected chi connectivity index (χ4v) is 6.99. The van der Waals surface area contributed by atoms with E-state index in [-0.39, 0.29) is 0 Å². The van der Waals surface area contributed by atoms with Crippen molar-refractivity contribution in [3.8, 4) is 0 Å². The van der Waals surface area contributed by atoms with Crippen LogP contribution in [0.15, 0.2) is 0 Å². The Morgan fingerprint density at radius 2 is 0.364 bits per heavy atom. The third kappa shape index (κ3) is 42.0. The van der Waals surface area contributed by atoms with E-state index in [1.54, 1.807) is 0 Å². The van der Waals surface area contributed by atoms with Crippen LogP contribution in [0.1, 0.15) is 264 Å². The van der Waals surface area contributed by atoms with Gasteiger partial charge in [-0.1, -0.05) is 251 Å². The van der Waals surface area contributed by atoms with Crippen molar-refractivity contribution in [1.82, 2.24) is 5.32 Å². The van der Waals surface area contributed by atoms with E-state index in [9.17, 15) is 0 Å². The Balaban J connectivity index is 3.03. The lowest BCUT2D eigenvalue weighted by Gasteiger charge is -2.05. The molecule has 0 spiro atoms. The molecule has 0 atom stereocenters. The van der Waals surface area contributed by atoms with Crippen molar-refractivity contribution in [1.29, 1.82) is 0 Å². The zero-order valence-electron chi connectivity index (χ0n) is 31.5. The minimum atomic E-state index is 1.19. The first-order chi connectivity index (χ1) is 21.9. The van der Waals surface area contributed by atoms with Gasteiger partial charge < -0.3 is 5.32 Å². The average Bonchev–Trinajstić information content (AvgIpc) is 3.04. The summed E-state index contributed by atoms with van der Waals surface area (Å²) in [6.45, 7) is 6.98. The molecular weight excluding hydrogens is 530 g/mol. The molecule has 266 valence electrons. The predicted octanol–water partition coefficient (Wildman–Crippen LogP) is 15.8. The number of hydrogen-bond donors (Lipinski definition) is 1. The second kappa shape index (κ2) is 43.0. The molecule has 0 fully saturated rings. The van der Waals surface area contributed by atoms with Crippen molar-refractivity contribution >= 4 is 0 Å². The Hall–Kier alpha value is -0.0400. The van der Waals surface area contributed by atoms with Gasteiger partial charge >= 0.3 is 0 Å². The lowest BCUT2D eigenvalue weighted by Crippen LogP contribution is -2.15. The molecule has 0 aromatic carbocycles. The third-order valence-corrected chi connectivity index (χ3v) is 10.1. The lowest BCUT2D eigenvalue weighted by atomic mass is 10.0. The smallest absolute Gasteiger partial charge is 0.00489 e. The molecule has 0 bridgehead atoms. The molecule has 44 heavy (non-hydrogen) atoms. The Kier molecular flexibility index (Phi) is 42.9. The highest BCUT2D eigenvalue weighted by Crippen LogP contribution is 2.17. The van der Waals surface area contributed by atoms with Crippen LogP contribution in [0.2, 0.25) is 0 Å². The zero-order valence-corrected chi connectivity index (χ0v) is 31.5. The number of unbranched alkanes of at least 4 members (excludes halogenated alkanes) is 37. The summed E-state index contributed by atoms with van der Waals surface area (Å²) in [5.41, 5.74) is 0. The minimum Gasteiger partial charge on any atom is -0.317 e. The summed E-state index contributed by atoms with van der Waals surface area (Å²) in [5, 5.41) is 3.51. The molecule has 1 N–H and O–H groups in total. The third-order valence-electron chi connectivity index (χ3n) is 10.1. The highest BCUT2D eigenvalue weighted by atomic mass is 14.8. The summed E-state index contributed by atoms with van der Waals surface area (Å²) in [7, 11) is 0. The van der Waals surface area contributed by atoms with Crippen LogP contribution in [0, 0.1) is 0 Å². The summed E-state index contributed by atoms with van der Waals surface area (Å²) in [4.78, 5) is 0. The van der Waals surface area contributed by atoms with E-state index in [1.807, 2.05) is 0 Å². The molecular formula is C43H89N. The van der Waals surface area contributed by atoms with Gasteiger partial charge in [0.1, 0.15) is 0 Å². The standard InChI is InChI=1S/C43H89N/c1-3-5-6-7-8-9-10-11-12-13-14-15-16-17-18-19-20-21-22-23-24-25-26-27-28-29-30-31-32-33-34-35-36-37-38-39-40-41-43-44-42-4-2/h44H,3-43H2,1-2H3. The van der Waals surface area contributed by atoms with Crippen LogP contribution in [0.5, 0.6) is 0 Å². The summed E-state index contributed by atoms with van der Waals surface area (Å²) < 4.78 is 0. The van der Waals surface area contributed by atoms with Crippen molar-refractivity contribution in [2.45, 2.75) is 264 Å². The molecule has 0 aliphatic heterocycles. The Morgan fingerprint density at radius 1 is 0.182 bits per heavy atom. The van der Waals surface area contributed by atoms with Crippen molar-refractivity contribution in [3.05, 3.63) is 0 Å². The van der Waals surface area contributed by atoms with E-state index < -0.39 is 0 Å². The van der Waals surface area contributed by atoms with Crippen molar-refractivity contribution in [2.24, 2.45) is 0 Å². The molecule has 1 nitrogen and oxygen atoms in total. The second-order valence-corrected chi connectivity index (χ2v) is 14.8. The van der Waals surface area contributed by atoms with Crippen molar-refractivity contribution < 1.29 is 0 Å². The van der Waals surface area contributed by atoms with Gasteiger partial charge in [-0.15, -0.1) is 0 Å². The van der Waals surface area contributed by atoms with E-state index in [2.05, 4.69) is 19.2 Å². The van der Waals surface area contributed by atoms with Crippen LogP contribution in [0.25, 0.3) is 0 Å². The SMILES string of the molecule is CCCCCCCCCCCCCCCCCCCCCCCCCCCCCCCCCCCCCCCCNCCC. The molecule has 0 saturated carbocycles. The molecule has 0 amide bonds. The molecule has 1 heteroatoms. The van der Waals surface area contributed by atoms with Gasteiger partial charge in [0.25, 0.3) is 0 Å². The van der Waals surface area contributed by atoms with Gasteiger partial charge in [-0.2, -0.15) is 0 Å². The van der Waals surface area contributed by atoms with Gasteiger partial charge in [0, 0.05) is 0 Å². The molecule has 0 unspecified atom stereocenters. The minimum absolute atomic E-state index is 1.19. The molecule has 0 aromatic heterocycles. The maximum absolute atomic E-state index is 3.51. The monoisotopic (exact) mass is 620 g/mol. The van der Waals surface area contributed by atoms with E-state index in [4.69, 9.17) is 0 Å². The Morgan fingerprint density at radius 3 is 0.545 bits per heavy atom. The number of hydrogen-bond acceptors (Lipinski definition) is 1. The molecule has 0 rings (SSSR count). The maximum atomic E-state index is 3.51. The molecule has 0 aliphatic carbocycles. The van der Waals surface area contributed by atoms with Crippen molar-refractivity contribution in [2.75, 3.05) is 13.1 Å². The van der Waals surface area contributed by atoms with Gasteiger partial charge in [0.2, 0.25) is 0 Å². The highest BCUT2D eigenvalue weighted by molar-refractivity contribution is 4.54. The van der Waals surface area contributed by atoms with Gasteiger partial charge in [0.15, 0.2) is 0 Å². The van der Waals surface area contributed by atoms with Crippen LogP contribution >= 0.6 is 0 Å². The van der Waals surface area contributed by atoms with Crippen LogP contribution in [0.3, 0.4) is 0 Å². The Bertz CT molecular complexity index is 418. The molecule has 0 aliphatic rings. The summed E-state index contributed by atoms with van der Waals surface area (Å²) >= 11 is 0. The predicted molar refractivity (Wildman–Crippen MR) is 204 cm³/mol. The van der Waals surface area contributed by atoms with Gasteiger partial charge in [0.05, 0.1) is 0 Å². The van der Waals surface area contributed by atoms with E-state index >= 15 is 0 Å². The van der Waals surface area contributed by atoms with E-state index in [0.29, 0.717) is 0 Å². The first kappa shape index (κ1) is 44.0. The summed E-state index contributed by atoms with van der Waals surface area (Å²) in [6, 6.07) is 0. The van der Waals surface area contributed by atoms with Crippen LogP contribution < -0.4 is 5.32 Å². The normalized spacial score (nSPS) is 11.6. The average molecular weight is 620 g/mol. The van der Waals surface area contributed by atoms with Crippen LogP contribution in [-0.2, 0) is 0 Å². The molecule has 0 aromatic rings. The topological polar surface area (TPSA) is 12.0 Å². The van der Waals surface area contributed by atoms with Crippen LogP contribution in [0.4, 0.5) is 0 Å². The summed E-state index contributed by atoms with van der Waals surface area (Å²) in [5.74, 6) is 0. The largest absolute Gasteiger partial charge is 0.317 e. The Labute approximate surface area is 282 Å². The second-order valence-electron chi connectivity index (χ2n) is 14.8. The molecule has 0 radical (unpaired) electrons. The van der Waals surface area contributed by atoms with Gasteiger partial charge in [-0.25, -0.2) is 0 Å². The summed E-state index contributed by atoms with van der Waals surface area (Å²) in [6.07, 6.45) is 57.5. The quantitative estimate of drug-likeness (QED) is 0.0671.